The Kier molecular flexibility index (Phi) is 4.97. The van der Waals surface area contributed by atoms with Crippen LogP contribution in [0.3, 0.4) is 0 Å². The minimum absolute atomic E-state index is 0.359. The van der Waals surface area contributed by atoms with E-state index >= 15 is 0 Å². The SMILES string of the molecule is C=COC(F)(F)C(F)(F)C(F)(F)Oc1c(F)c(F)c(F)c(F)c1F. The number of alkyl halides is 6. The van der Waals surface area contributed by atoms with Crippen molar-refractivity contribution in [2.75, 3.05) is 0 Å². The second kappa shape index (κ2) is 6.02. The molecular weight excluding hydrogens is 373 g/mol. The summed E-state index contributed by atoms with van der Waals surface area (Å²) in [4.78, 5) is 0. The average Bonchev–Trinajstić information content (AvgIpc) is 2.47. The van der Waals surface area contributed by atoms with Gasteiger partial charge in [-0.3, -0.25) is 0 Å². The van der Waals surface area contributed by atoms with Crippen molar-refractivity contribution in [3.8, 4) is 5.75 Å². The molecule has 0 saturated carbocycles. The zero-order chi connectivity index (χ0) is 19.1. The van der Waals surface area contributed by atoms with Crippen molar-refractivity contribution in [1.29, 1.82) is 0 Å². The quantitative estimate of drug-likeness (QED) is 0.309. The smallest absolute Gasteiger partial charge is 0.436 e. The monoisotopic (exact) mass is 376 g/mol. The lowest BCUT2D eigenvalue weighted by atomic mass is 10.2. The second-order valence-electron chi connectivity index (χ2n) is 3.89. The van der Waals surface area contributed by atoms with Gasteiger partial charge in [0.05, 0.1) is 6.26 Å². The number of hydrogen-bond donors (Lipinski definition) is 0. The van der Waals surface area contributed by atoms with E-state index in [1.165, 1.54) is 0 Å². The molecule has 1 aromatic rings. The maximum Gasteiger partial charge on any atom is 0.475 e. The van der Waals surface area contributed by atoms with Gasteiger partial charge in [-0.05, 0) is 0 Å². The maximum absolute atomic E-state index is 13.2. The molecule has 0 saturated heterocycles. The van der Waals surface area contributed by atoms with Crippen molar-refractivity contribution in [3.63, 3.8) is 0 Å². The highest BCUT2D eigenvalue weighted by Crippen LogP contribution is 2.48. The first-order valence-corrected chi connectivity index (χ1v) is 5.34. The molecule has 0 atom stereocenters. The van der Waals surface area contributed by atoms with Crippen LogP contribution in [0.25, 0.3) is 0 Å². The molecule has 0 aliphatic heterocycles. The van der Waals surface area contributed by atoms with Gasteiger partial charge in [-0.2, -0.15) is 35.1 Å². The van der Waals surface area contributed by atoms with E-state index in [1.807, 2.05) is 0 Å². The summed E-state index contributed by atoms with van der Waals surface area (Å²) >= 11 is 0. The lowest BCUT2D eigenvalue weighted by Gasteiger charge is -2.30. The summed E-state index contributed by atoms with van der Waals surface area (Å²) in [5.41, 5.74) is 0. The van der Waals surface area contributed by atoms with Gasteiger partial charge in [0, 0.05) is 0 Å². The molecule has 0 spiro atoms. The molecule has 0 aliphatic carbocycles. The predicted molar refractivity (Wildman–Crippen MR) is 53.0 cm³/mol. The number of benzene rings is 1. The fraction of sp³-hybridized carbons (Fsp3) is 0.273. The summed E-state index contributed by atoms with van der Waals surface area (Å²) in [6.45, 7) is 2.40. The first kappa shape index (κ1) is 19.8. The zero-order valence-corrected chi connectivity index (χ0v) is 10.8. The number of halogens is 11. The van der Waals surface area contributed by atoms with Crippen LogP contribution in [0.15, 0.2) is 12.8 Å². The Morgan fingerprint density at radius 1 is 0.667 bits per heavy atom. The van der Waals surface area contributed by atoms with Crippen molar-refractivity contribution in [2.45, 2.75) is 18.1 Å². The van der Waals surface area contributed by atoms with E-state index in [2.05, 4.69) is 16.1 Å². The highest BCUT2D eigenvalue weighted by atomic mass is 19.4. The van der Waals surface area contributed by atoms with Gasteiger partial charge in [0.2, 0.25) is 34.8 Å². The molecule has 0 unspecified atom stereocenters. The fourth-order valence-corrected chi connectivity index (χ4v) is 1.21. The third kappa shape index (κ3) is 2.94. The lowest BCUT2D eigenvalue weighted by Crippen LogP contribution is -2.57. The third-order valence-electron chi connectivity index (χ3n) is 2.36. The molecule has 0 aromatic heterocycles. The first-order chi connectivity index (χ1) is 10.7. The lowest BCUT2D eigenvalue weighted by molar-refractivity contribution is -0.424. The summed E-state index contributed by atoms with van der Waals surface area (Å²) in [5.74, 6) is -24.1. The van der Waals surface area contributed by atoms with E-state index in [-0.39, 0.29) is 6.26 Å². The Morgan fingerprint density at radius 2 is 1.04 bits per heavy atom. The van der Waals surface area contributed by atoms with Crippen LogP contribution in [0.4, 0.5) is 48.3 Å². The molecule has 0 bridgehead atoms. The minimum atomic E-state index is -6.59. The summed E-state index contributed by atoms with van der Waals surface area (Å²) in [5, 5.41) is 0. The van der Waals surface area contributed by atoms with Gasteiger partial charge in [0.25, 0.3) is 0 Å². The molecule has 136 valence electrons. The Hall–Kier alpha value is -2.21. The largest absolute Gasteiger partial charge is 0.475 e. The first-order valence-electron chi connectivity index (χ1n) is 5.34. The number of hydrogen-bond acceptors (Lipinski definition) is 2. The molecule has 0 amide bonds. The average molecular weight is 376 g/mol. The van der Waals surface area contributed by atoms with Crippen LogP contribution >= 0.6 is 0 Å². The van der Waals surface area contributed by atoms with E-state index in [0.717, 1.165) is 0 Å². The molecule has 13 heteroatoms. The van der Waals surface area contributed by atoms with Gasteiger partial charge in [-0.15, -0.1) is 0 Å². The Morgan fingerprint density at radius 3 is 1.42 bits per heavy atom. The normalized spacial score (nSPS) is 13.0. The van der Waals surface area contributed by atoms with Crippen LogP contribution in [-0.4, -0.2) is 18.1 Å². The highest BCUT2D eigenvalue weighted by molar-refractivity contribution is 5.30. The molecule has 0 aliphatic rings. The standard InChI is InChI=1S/C11H3F11O2/c1-2-23-10(19,20)9(17,18)11(21,22)24-8-6(15)4(13)3(12)5(14)7(8)16/h2H,1H2. The van der Waals surface area contributed by atoms with Crippen LogP contribution < -0.4 is 4.74 Å². The number of ether oxygens (including phenoxy) is 2. The molecular formula is C11H3F11O2. The minimum Gasteiger partial charge on any atom is -0.436 e. The van der Waals surface area contributed by atoms with E-state index in [9.17, 15) is 48.3 Å². The molecule has 0 N–H and O–H groups in total. The van der Waals surface area contributed by atoms with E-state index in [1.54, 1.807) is 0 Å². The van der Waals surface area contributed by atoms with Crippen LogP contribution in [0.2, 0.25) is 0 Å². The Balaban J connectivity index is 3.42. The molecule has 24 heavy (non-hydrogen) atoms. The van der Waals surface area contributed by atoms with E-state index in [4.69, 9.17) is 0 Å². The van der Waals surface area contributed by atoms with Crippen molar-refractivity contribution < 1.29 is 57.8 Å². The number of rotatable bonds is 6. The van der Waals surface area contributed by atoms with Crippen molar-refractivity contribution in [1.82, 2.24) is 0 Å². The van der Waals surface area contributed by atoms with Gasteiger partial charge >= 0.3 is 18.1 Å². The van der Waals surface area contributed by atoms with Crippen molar-refractivity contribution in [2.24, 2.45) is 0 Å². The van der Waals surface area contributed by atoms with E-state index < -0.39 is 53.0 Å². The van der Waals surface area contributed by atoms with Gasteiger partial charge in [0.15, 0.2) is 0 Å². The summed E-state index contributed by atoms with van der Waals surface area (Å²) in [6, 6.07) is 0. The second-order valence-corrected chi connectivity index (χ2v) is 3.89. The van der Waals surface area contributed by atoms with Gasteiger partial charge < -0.3 is 9.47 Å². The topological polar surface area (TPSA) is 18.5 Å². The van der Waals surface area contributed by atoms with Gasteiger partial charge in [-0.25, -0.2) is 13.2 Å². The highest BCUT2D eigenvalue weighted by Gasteiger charge is 2.77. The van der Waals surface area contributed by atoms with E-state index in [0.29, 0.717) is 0 Å². The summed E-state index contributed by atoms with van der Waals surface area (Å²) in [6.07, 6.45) is -12.8. The van der Waals surface area contributed by atoms with Crippen LogP contribution in [0.1, 0.15) is 0 Å². The van der Waals surface area contributed by atoms with Crippen molar-refractivity contribution in [3.05, 3.63) is 41.9 Å². The van der Waals surface area contributed by atoms with Crippen molar-refractivity contribution >= 4 is 0 Å². The molecule has 1 rings (SSSR count). The predicted octanol–water partition coefficient (Wildman–Crippen LogP) is 4.74. The Labute approximate surface area is 125 Å². The van der Waals surface area contributed by atoms with Crippen LogP contribution in [-0.2, 0) is 4.74 Å². The molecule has 0 radical (unpaired) electrons. The third-order valence-corrected chi connectivity index (χ3v) is 2.36. The molecule has 2 nitrogen and oxygen atoms in total. The summed E-state index contributed by atoms with van der Waals surface area (Å²) in [7, 11) is 0. The molecule has 0 fully saturated rings. The summed E-state index contributed by atoms with van der Waals surface area (Å²) < 4.78 is 148. The Bertz CT molecular complexity index is 627. The molecule has 0 heterocycles. The van der Waals surface area contributed by atoms with Gasteiger partial charge in [-0.1, -0.05) is 6.58 Å². The fourth-order valence-electron chi connectivity index (χ4n) is 1.21. The zero-order valence-electron chi connectivity index (χ0n) is 10.8. The van der Waals surface area contributed by atoms with Crippen LogP contribution in [0, 0.1) is 29.1 Å². The van der Waals surface area contributed by atoms with Crippen LogP contribution in [0.5, 0.6) is 5.75 Å². The molecule has 1 aromatic carbocycles. The van der Waals surface area contributed by atoms with Gasteiger partial charge in [0.1, 0.15) is 0 Å². The maximum atomic E-state index is 13.2.